The van der Waals surface area contributed by atoms with Gasteiger partial charge < -0.3 is 10.4 Å². The number of aliphatic carboxylic acids is 1. The van der Waals surface area contributed by atoms with Gasteiger partial charge in [0.05, 0.1) is 5.92 Å². The Morgan fingerprint density at radius 2 is 1.93 bits per heavy atom. The normalized spacial score (nSPS) is 11.8. The molecule has 0 aromatic heterocycles. The number of benzene rings is 1. The molecular formula is C11H13NO3. The van der Waals surface area contributed by atoms with Gasteiger partial charge >= 0.3 is 5.97 Å². The van der Waals surface area contributed by atoms with Crippen molar-refractivity contribution >= 4 is 17.6 Å². The number of rotatable bonds is 4. The fourth-order valence-electron chi connectivity index (χ4n) is 1.10. The lowest BCUT2D eigenvalue weighted by Crippen LogP contribution is -2.19. The number of carboxylic acids is 1. The van der Waals surface area contributed by atoms with Crippen molar-refractivity contribution in [3.63, 3.8) is 0 Å². The van der Waals surface area contributed by atoms with Crippen LogP contribution in [0.5, 0.6) is 0 Å². The molecule has 0 fully saturated rings. The minimum atomic E-state index is -0.960. The van der Waals surface area contributed by atoms with Crippen LogP contribution < -0.4 is 5.32 Å². The maximum Gasteiger partial charge on any atom is 0.306 e. The lowest BCUT2D eigenvalue weighted by atomic mass is 10.1. The number of hydrogen-bond acceptors (Lipinski definition) is 2. The van der Waals surface area contributed by atoms with Crippen LogP contribution in [-0.2, 0) is 9.59 Å². The number of nitrogens with one attached hydrogen (secondary N) is 1. The molecule has 1 aromatic rings. The molecular weight excluding hydrogens is 194 g/mol. The van der Waals surface area contributed by atoms with Gasteiger partial charge in [-0.15, -0.1) is 0 Å². The fraction of sp³-hybridized carbons (Fsp3) is 0.273. The Kier molecular flexibility index (Phi) is 3.85. The maximum atomic E-state index is 11.4. The largest absolute Gasteiger partial charge is 0.481 e. The van der Waals surface area contributed by atoms with E-state index >= 15 is 0 Å². The quantitative estimate of drug-likeness (QED) is 0.790. The van der Waals surface area contributed by atoms with Gasteiger partial charge in [-0.25, -0.2) is 0 Å². The monoisotopic (exact) mass is 207 g/mol. The molecule has 0 saturated carbocycles. The summed E-state index contributed by atoms with van der Waals surface area (Å²) in [5.74, 6) is -1.90. The summed E-state index contributed by atoms with van der Waals surface area (Å²) in [6.45, 7) is 1.51. The molecule has 2 N–H and O–H groups in total. The van der Waals surface area contributed by atoms with Crippen LogP contribution in [0.2, 0.25) is 0 Å². The third-order valence-corrected chi connectivity index (χ3v) is 1.97. The van der Waals surface area contributed by atoms with Gasteiger partial charge in [0.25, 0.3) is 0 Å². The van der Waals surface area contributed by atoms with Crippen LogP contribution in [0.1, 0.15) is 13.3 Å². The molecule has 0 radical (unpaired) electrons. The van der Waals surface area contributed by atoms with Crippen molar-refractivity contribution < 1.29 is 14.7 Å². The van der Waals surface area contributed by atoms with E-state index in [2.05, 4.69) is 5.32 Å². The van der Waals surface area contributed by atoms with Gasteiger partial charge in [-0.1, -0.05) is 25.1 Å². The van der Waals surface area contributed by atoms with E-state index in [0.29, 0.717) is 5.69 Å². The molecule has 1 amide bonds. The molecule has 1 aromatic carbocycles. The molecule has 4 nitrogen and oxygen atoms in total. The Morgan fingerprint density at radius 1 is 1.33 bits per heavy atom. The predicted molar refractivity (Wildman–Crippen MR) is 56.5 cm³/mol. The van der Waals surface area contributed by atoms with Gasteiger partial charge in [0.15, 0.2) is 0 Å². The van der Waals surface area contributed by atoms with Gasteiger partial charge in [0.2, 0.25) is 5.91 Å². The van der Waals surface area contributed by atoms with Crippen molar-refractivity contribution in [1.82, 2.24) is 0 Å². The zero-order chi connectivity index (χ0) is 11.3. The summed E-state index contributed by atoms with van der Waals surface area (Å²) in [6, 6.07) is 8.95. The zero-order valence-corrected chi connectivity index (χ0v) is 8.43. The molecule has 15 heavy (non-hydrogen) atoms. The summed E-state index contributed by atoms with van der Waals surface area (Å²) >= 11 is 0. The lowest BCUT2D eigenvalue weighted by molar-refractivity contribution is -0.142. The molecule has 0 aliphatic rings. The van der Waals surface area contributed by atoms with E-state index in [-0.39, 0.29) is 12.3 Å². The van der Waals surface area contributed by atoms with Crippen molar-refractivity contribution in [3.05, 3.63) is 30.3 Å². The number of amides is 1. The van der Waals surface area contributed by atoms with Crippen LogP contribution in [-0.4, -0.2) is 17.0 Å². The number of carboxylic acid groups (broad SMARTS) is 1. The highest BCUT2D eigenvalue weighted by atomic mass is 16.4. The molecule has 0 saturated heterocycles. The Balaban J connectivity index is 2.47. The molecule has 4 heteroatoms. The minimum absolute atomic E-state index is 0.00969. The second-order valence-corrected chi connectivity index (χ2v) is 3.36. The molecule has 0 heterocycles. The van der Waals surface area contributed by atoms with E-state index in [1.807, 2.05) is 6.07 Å². The smallest absolute Gasteiger partial charge is 0.306 e. The summed E-state index contributed by atoms with van der Waals surface area (Å²) in [7, 11) is 0. The fourth-order valence-corrected chi connectivity index (χ4v) is 1.10. The molecule has 0 aliphatic heterocycles. The molecule has 0 spiro atoms. The van der Waals surface area contributed by atoms with Crippen molar-refractivity contribution in [2.24, 2.45) is 5.92 Å². The maximum absolute atomic E-state index is 11.4. The molecule has 1 unspecified atom stereocenters. The average Bonchev–Trinajstić information content (AvgIpc) is 2.18. The first-order valence-electron chi connectivity index (χ1n) is 4.67. The van der Waals surface area contributed by atoms with Crippen molar-refractivity contribution in [2.75, 3.05) is 5.32 Å². The Morgan fingerprint density at radius 3 is 2.47 bits per heavy atom. The van der Waals surface area contributed by atoms with Gasteiger partial charge in [0.1, 0.15) is 0 Å². The number of hydrogen-bond donors (Lipinski definition) is 2. The Hall–Kier alpha value is -1.84. The third kappa shape index (κ3) is 3.81. The van der Waals surface area contributed by atoms with E-state index in [4.69, 9.17) is 5.11 Å². The van der Waals surface area contributed by atoms with Crippen LogP contribution in [0, 0.1) is 5.92 Å². The van der Waals surface area contributed by atoms with Crippen molar-refractivity contribution in [3.8, 4) is 0 Å². The molecule has 80 valence electrons. The summed E-state index contributed by atoms with van der Waals surface area (Å²) in [5, 5.41) is 11.2. The second-order valence-electron chi connectivity index (χ2n) is 3.36. The van der Waals surface area contributed by atoms with Gasteiger partial charge in [-0.05, 0) is 12.1 Å². The first kappa shape index (κ1) is 11.2. The molecule has 1 atom stereocenters. The van der Waals surface area contributed by atoms with Gasteiger partial charge in [-0.3, -0.25) is 9.59 Å². The molecule has 1 rings (SSSR count). The van der Waals surface area contributed by atoms with Crippen LogP contribution >= 0.6 is 0 Å². The van der Waals surface area contributed by atoms with Crippen LogP contribution in [0.25, 0.3) is 0 Å². The van der Waals surface area contributed by atoms with E-state index < -0.39 is 11.9 Å². The highest BCUT2D eigenvalue weighted by Gasteiger charge is 2.15. The van der Waals surface area contributed by atoms with Crippen molar-refractivity contribution in [1.29, 1.82) is 0 Å². The Labute approximate surface area is 87.9 Å². The van der Waals surface area contributed by atoms with E-state index in [0.717, 1.165) is 0 Å². The number of carbonyl (C=O) groups is 2. The predicted octanol–water partition coefficient (Wildman–Crippen LogP) is 1.74. The van der Waals surface area contributed by atoms with Gasteiger partial charge in [-0.2, -0.15) is 0 Å². The number of para-hydroxylation sites is 1. The van der Waals surface area contributed by atoms with Crippen LogP contribution in [0.4, 0.5) is 5.69 Å². The summed E-state index contributed by atoms with van der Waals surface area (Å²) in [6.07, 6.45) is -0.00969. The average molecular weight is 207 g/mol. The topological polar surface area (TPSA) is 66.4 Å². The van der Waals surface area contributed by atoms with Crippen LogP contribution in [0.15, 0.2) is 30.3 Å². The lowest BCUT2D eigenvalue weighted by Gasteiger charge is -2.07. The molecule has 0 aliphatic carbocycles. The molecule has 0 bridgehead atoms. The van der Waals surface area contributed by atoms with Crippen molar-refractivity contribution in [2.45, 2.75) is 13.3 Å². The number of anilines is 1. The highest BCUT2D eigenvalue weighted by molar-refractivity contribution is 5.92. The SMILES string of the molecule is CC(CC(=O)Nc1ccccc1)C(=O)O. The second kappa shape index (κ2) is 5.14. The van der Waals surface area contributed by atoms with E-state index in [1.54, 1.807) is 24.3 Å². The highest BCUT2D eigenvalue weighted by Crippen LogP contribution is 2.08. The van der Waals surface area contributed by atoms with Crippen LogP contribution in [0.3, 0.4) is 0 Å². The van der Waals surface area contributed by atoms with E-state index in [1.165, 1.54) is 6.92 Å². The summed E-state index contributed by atoms with van der Waals surface area (Å²) < 4.78 is 0. The first-order chi connectivity index (χ1) is 7.09. The number of carbonyl (C=O) groups excluding carboxylic acids is 1. The minimum Gasteiger partial charge on any atom is -0.481 e. The standard InChI is InChI=1S/C11H13NO3/c1-8(11(14)15)7-10(13)12-9-5-3-2-4-6-9/h2-6,8H,7H2,1H3,(H,12,13)(H,14,15). The summed E-state index contributed by atoms with van der Waals surface area (Å²) in [5.41, 5.74) is 0.681. The van der Waals surface area contributed by atoms with Gasteiger partial charge in [0, 0.05) is 12.1 Å². The third-order valence-electron chi connectivity index (χ3n) is 1.97. The van der Waals surface area contributed by atoms with E-state index in [9.17, 15) is 9.59 Å². The zero-order valence-electron chi connectivity index (χ0n) is 8.43. The first-order valence-corrected chi connectivity index (χ1v) is 4.67. The Bertz CT molecular complexity index is 348. The summed E-state index contributed by atoms with van der Waals surface area (Å²) in [4.78, 5) is 21.9.